The Morgan fingerprint density at radius 1 is 1.53 bits per heavy atom. The van der Waals surface area contributed by atoms with Crippen LogP contribution in [0.3, 0.4) is 0 Å². The first-order valence-corrected chi connectivity index (χ1v) is 5.18. The van der Waals surface area contributed by atoms with Gasteiger partial charge in [0.2, 0.25) is 0 Å². The van der Waals surface area contributed by atoms with Gasteiger partial charge < -0.3 is 4.74 Å². The van der Waals surface area contributed by atoms with Gasteiger partial charge in [-0.05, 0) is 18.6 Å². The average molecular weight is 234 g/mol. The zero-order valence-electron chi connectivity index (χ0n) is 9.35. The van der Waals surface area contributed by atoms with E-state index in [-0.39, 0.29) is 5.56 Å². The summed E-state index contributed by atoms with van der Waals surface area (Å²) in [4.78, 5) is 0. The van der Waals surface area contributed by atoms with Crippen LogP contribution in [-0.2, 0) is 11.3 Å². The zero-order valence-corrected chi connectivity index (χ0v) is 9.35. The van der Waals surface area contributed by atoms with E-state index < -0.39 is 5.82 Å². The summed E-state index contributed by atoms with van der Waals surface area (Å²) in [7, 11) is 1.61. The van der Waals surface area contributed by atoms with Crippen molar-refractivity contribution in [2.24, 2.45) is 0 Å². The molecule has 0 saturated carbocycles. The van der Waals surface area contributed by atoms with Gasteiger partial charge in [0.15, 0.2) is 0 Å². The summed E-state index contributed by atoms with van der Waals surface area (Å²) in [6.07, 6.45) is 0.732. The number of nitrogens with zero attached hydrogens (tertiary/aromatic N) is 4. The van der Waals surface area contributed by atoms with Crippen LogP contribution in [-0.4, -0.2) is 28.7 Å². The Morgan fingerprint density at radius 2 is 2.35 bits per heavy atom. The summed E-state index contributed by atoms with van der Waals surface area (Å²) in [5, 5.41) is 16.8. The largest absolute Gasteiger partial charge is 0.385 e. The summed E-state index contributed by atoms with van der Waals surface area (Å²) in [6.45, 7) is 1.13. The minimum absolute atomic E-state index is 0.00934. The number of halogens is 1. The molecule has 0 spiro atoms. The van der Waals surface area contributed by atoms with Crippen molar-refractivity contribution in [2.45, 2.75) is 13.0 Å². The molecule has 0 saturated heterocycles. The molecule has 0 fully saturated rings. The highest BCUT2D eigenvalue weighted by Crippen LogP contribution is 2.19. The van der Waals surface area contributed by atoms with Gasteiger partial charge >= 0.3 is 0 Å². The number of rotatable bonds is 4. The van der Waals surface area contributed by atoms with Crippen LogP contribution in [0.4, 0.5) is 4.39 Å². The van der Waals surface area contributed by atoms with Crippen molar-refractivity contribution in [3.8, 4) is 6.07 Å². The first-order chi connectivity index (χ1) is 8.27. The van der Waals surface area contributed by atoms with Gasteiger partial charge in [0.05, 0.1) is 0 Å². The Morgan fingerprint density at radius 3 is 3.06 bits per heavy atom. The monoisotopic (exact) mass is 234 g/mol. The van der Waals surface area contributed by atoms with Crippen LogP contribution >= 0.6 is 0 Å². The van der Waals surface area contributed by atoms with Gasteiger partial charge in [0.25, 0.3) is 0 Å². The fourth-order valence-electron chi connectivity index (χ4n) is 1.67. The fourth-order valence-corrected chi connectivity index (χ4v) is 1.67. The van der Waals surface area contributed by atoms with Crippen LogP contribution in [0.1, 0.15) is 12.0 Å². The van der Waals surface area contributed by atoms with Crippen molar-refractivity contribution >= 4 is 11.0 Å². The molecule has 1 aromatic carbocycles. The number of fused-ring (bicyclic) bond motifs is 1. The minimum atomic E-state index is -0.546. The highest BCUT2D eigenvalue weighted by molar-refractivity contribution is 5.81. The molecule has 88 valence electrons. The lowest BCUT2D eigenvalue weighted by atomic mass is 10.2. The molecule has 0 aliphatic heterocycles. The smallest absolute Gasteiger partial charge is 0.143 e. The molecular formula is C11H11FN4O. The topological polar surface area (TPSA) is 63.7 Å². The summed E-state index contributed by atoms with van der Waals surface area (Å²) in [6, 6.07) is 4.60. The van der Waals surface area contributed by atoms with Gasteiger partial charge in [-0.25, -0.2) is 9.07 Å². The van der Waals surface area contributed by atoms with Crippen LogP contribution in [0.2, 0.25) is 0 Å². The number of aryl methyl sites for hydroxylation is 1. The Labute approximate surface area is 97.4 Å². The van der Waals surface area contributed by atoms with Crippen molar-refractivity contribution in [1.82, 2.24) is 15.0 Å². The Balaban J connectivity index is 2.44. The average Bonchev–Trinajstić information content (AvgIpc) is 2.73. The number of benzene rings is 1. The maximum Gasteiger partial charge on any atom is 0.143 e. The van der Waals surface area contributed by atoms with E-state index in [2.05, 4.69) is 10.3 Å². The van der Waals surface area contributed by atoms with Crippen molar-refractivity contribution < 1.29 is 9.13 Å². The summed E-state index contributed by atoms with van der Waals surface area (Å²) in [5.74, 6) is -0.546. The molecule has 0 N–H and O–H groups in total. The van der Waals surface area contributed by atoms with E-state index in [1.165, 1.54) is 16.8 Å². The summed E-state index contributed by atoms with van der Waals surface area (Å²) < 4.78 is 19.9. The molecule has 6 heteroatoms. The molecule has 0 radical (unpaired) electrons. The molecule has 2 aromatic rings. The standard InChI is InChI=1S/C11H11FN4O/c1-17-6-2-5-16-11-8(7-13)9(12)3-4-10(11)14-15-16/h3-4H,2,5-6H2,1H3. The molecule has 0 unspecified atom stereocenters. The second-order valence-electron chi connectivity index (χ2n) is 3.56. The third kappa shape index (κ3) is 2.10. The first kappa shape index (κ1) is 11.5. The van der Waals surface area contributed by atoms with E-state index in [1.54, 1.807) is 7.11 Å². The van der Waals surface area contributed by atoms with Gasteiger partial charge in [-0.2, -0.15) is 5.26 Å². The fraction of sp³-hybridized carbons (Fsp3) is 0.364. The molecule has 0 bridgehead atoms. The number of methoxy groups -OCH3 is 1. The molecule has 1 aromatic heterocycles. The van der Waals surface area contributed by atoms with Crippen molar-refractivity contribution in [2.75, 3.05) is 13.7 Å². The molecular weight excluding hydrogens is 223 g/mol. The second kappa shape index (κ2) is 4.89. The summed E-state index contributed by atoms with van der Waals surface area (Å²) >= 11 is 0. The van der Waals surface area contributed by atoms with Gasteiger partial charge in [0.1, 0.15) is 28.5 Å². The van der Waals surface area contributed by atoms with Crippen LogP contribution in [0, 0.1) is 17.1 Å². The predicted molar refractivity (Wildman–Crippen MR) is 58.7 cm³/mol. The van der Waals surface area contributed by atoms with Crippen molar-refractivity contribution in [3.63, 3.8) is 0 Å². The molecule has 0 amide bonds. The Kier molecular flexibility index (Phi) is 3.30. The minimum Gasteiger partial charge on any atom is -0.385 e. The Hall–Kier alpha value is -2.00. The van der Waals surface area contributed by atoms with Crippen LogP contribution in [0.25, 0.3) is 11.0 Å². The zero-order chi connectivity index (χ0) is 12.3. The van der Waals surface area contributed by atoms with E-state index in [4.69, 9.17) is 10.00 Å². The lowest BCUT2D eigenvalue weighted by Crippen LogP contribution is -2.04. The number of hydrogen-bond donors (Lipinski definition) is 0. The third-order valence-electron chi connectivity index (χ3n) is 2.45. The lowest BCUT2D eigenvalue weighted by molar-refractivity contribution is 0.189. The van der Waals surface area contributed by atoms with Gasteiger partial charge in [-0.3, -0.25) is 0 Å². The number of hydrogen-bond acceptors (Lipinski definition) is 4. The maximum absolute atomic E-state index is 13.4. The lowest BCUT2D eigenvalue weighted by Gasteiger charge is -2.03. The maximum atomic E-state index is 13.4. The molecule has 1 heterocycles. The van der Waals surface area contributed by atoms with Crippen LogP contribution in [0.15, 0.2) is 12.1 Å². The Bertz CT molecular complexity index is 573. The van der Waals surface area contributed by atoms with Crippen LogP contribution in [0.5, 0.6) is 0 Å². The van der Waals surface area contributed by atoms with E-state index in [1.807, 2.05) is 6.07 Å². The van der Waals surface area contributed by atoms with Crippen molar-refractivity contribution in [3.05, 3.63) is 23.5 Å². The van der Waals surface area contributed by atoms with Crippen molar-refractivity contribution in [1.29, 1.82) is 5.26 Å². The third-order valence-corrected chi connectivity index (χ3v) is 2.45. The van der Waals surface area contributed by atoms with Gasteiger partial charge in [0, 0.05) is 20.3 Å². The van der Waals surface area contributed by atoms with E-state index in [0.717, 1.165) is 6.42 Å². The first-order valence-electron chi connectivity index (χ1n) is 5.18. The highest BCUT2D eigenvalue weighted by Gasteiger charge is 2.13. The molecule has 17 heavy (non-hydrogen) atoms. The van der Waals surface area contributed by atoms with E-state index >= 15 is 0 Å². The van der Waals surface area contributed by atoms with E-state index in [0.29, 0.717) is 24.2 Å². The highest BCUT2D eigenvalue weighted by atomic mass is 19.1. The molecule has 0 aliphatic rings. The molecule has 0 aliphatic carbocycles. The molecule has 2 rings (SSSR count). The SMILES string of the molecule is COCCCn1nnc2ccc(F)c(C#N)c21. The van der Waals surface area contributed by atoms with Crippen LogP contribution < -0.4 is 0 Å². The second-order valence-corrected chi connectivity index (χ2v) is 3.56. The predicted octanol–water partition coefficient (Wildman–Crippen LogP) is 1.48. The number of aromatic nitrogens is 3. The molecule has 0 atom stereocenters. The summed E-state index contributed by atoms with van der Waals surface area (Å²) in [5.41, 5.74) is 0.967. The normalized spacial score (nSPS) is 10.6. The van der Waals surface area contributed by atoms with Gasteiger partial charge in [-0.1, -0.05) is 5.21 Å². The molecule has 5 nitrogen and oxygen atoms in total. The number of ether oxygens (including phenoxy) is 1. The van der Waals surface area contributed by atoms with Gasteiger partial charge in [-0.15, -0.1) is 5.10 Å². The quantitative estimate of drug-likeness (QED) is 0.751. The van der Waals surface area contributed by atoms with E-state index in [9.17, 15) is 4.39 Å². The number of nitriles is 1.